The van der Waals surface area contributed by atoms with E-state index < -0.39 is 10.1 Å². The topological polar surface area (TPSA) is 74.7 Å². The van der Waals surface area contributed by atoms with E-state index in [1.54, 1.807) is 24.3 Å². The molecule has 0 bridgehead atoms. The highest BCUT2D eigenvalue weighted by Crippen LogP contribution is 2.13. The summed E-state index contributed by atoms with van der Waals surface area (Å²) in [5.74, 6) is -0.504. The zero-order valence-electron chi connectivity index (χ0n) is 9.54. The molecule has 0 heterocycles. The van der Waals surface area contributed by atoms with E-state index in [1.165, 1.54) is 11.8 Å². The van der Waals surface area contributed by atoms with Gasteiger partial charge in [-0.1, -0.05) is 18.2 Å². The molecule has 1 aromatic rings. The van der Waals surface area contributed by atoms with Crippen molar-refractivity contribution in [3.05, 3.63) is 30.3 Å². The van der Waals surface area contributed by atoms with Crippen LogP contribution in [0.4, 0.5) is 5.69 Å². The maximum atomic E-state index is 11.4. The maximum absolute atomic E-state index is 11.4. The second kappa shape index (κ2) is 5.79. The lowest BCUT2D eigenvalue weighted by Gasteiger charge is -2.20. The van der Waals surface area contributed by atoms with Gasteiger partial charge in [0.25, 0.3) is 10.1 Å². The predicted molar refractivity (Wildman–Crippen MR) is 65.5 cm³/mol. The normalized spacial score (nSPS) is 11.2. The second-order valence-corrected chi connectivity index (χ2v) is 5.22. The minimum Gasteiger partial charge on any atom is -0.313 e. The molecular formula is C11H15NO4S. The molecule has 0 radical (unpaired) electrons. The van der Waals surface area contributed by atoms with Crippen molar-refractivity contribution < 1.29 is 17.8 Å². The van der Waals surface area contributed by atoms with Crippen molar-refractivity contribution in [1.29, 1.82) is 0 Å². The number of nitrogens with zero attached hydrogens (tertiary/aromatic N) is 1. The van der Waals surface area contributed by atoms with E-state index in [-0.39, 0.29) is 24.6 Å². The van der Waals surface area contributed by atoms with E-state index in [2.05, 4.69) is 0 Å². The average molecular weight is 257 g/mol. The van der Waals surface area contributed by atoms with Gasteiger partial charge in [-0.15, -0.1) is 0 Å². The summed E-state index contributed by atoms with van der Waals surface area (Å²) in [6.45, 7) is 1.68. The summed E-state index contributed by atoms with van der Waals surface area (Å²) >= 11 is 0. The van der Waals surface area contributed by atoms with E-state index >= 15 is 0 Å². The third-order valence-electron chi connectivity index (χ3n) is 2.23. The van der Waals surface area contributed by atoms with Crippen molar-refractivity contribution in [2.45, 2.75) is 13.3 Å². The van der Waals surface area contributed by atoms with Crippen LogP contribution in [0.2, 0.25) is 0 Å². The average Bonchev–Trinajstić information content (AvgIpc) is 2.23. The molecule has 0 unspecified atom stereocenters. The zero-order valence-corrected chi connectivity index (χ0v) is 10.4. The minimum absolute atomic E-state index is 0.161. The molecule has 0 aliphatic heterocycles. The Labute approximate surface area is 101 Å². The fourth-order valence-corrected chi connectivity index (χ4v) is 1.98. The van der Waals surface area contributed by atoms with Crippen molar-refractivity contribution in [3.63, 3.8) is 0 Å². The first-order valence-corrected chi connectivity index (χ1v) is 6.79. The van der Waals surface area contributed by atoms with Crippen molar-refractivity contribution in [1.82, 2.24) is 0 Å². The molecule has 0 fully saturated rings. The van der Waals surface area contributed by atoms with E-state index in [1.807, 2.05) is 6.07 Å². The molecule has 0 saturated carbocycles. The summed E-state index contributed by atoms with van der Waals surface area (Å²) in [4.78, 5) is 12.9. The van der Waals surface area contributed by atoms with Crippen LogP contribution in [0, 0.1) is 0 Å². The van der Waals surface area contributed by atoms with E-state index in [0.717, 1.165) is 5.69 Å². The highest BCUT2D eigenvalue weighted by atomic mass is 32.2. The van der Waals surface area contributed by atoms with Crippen molar-refractivity contribution in [2.24, 2.45) is 0 Å². The van der Waals surface area contributed by atoms with Gasteiger partial charge in [0.15, 0.2) is 0 Å². The smallest absolute Gasteiger partial charge is 0.264 e. The fourth-order valence-electron chi connectivity index (χ4n) is 1.48. The summed E-state index contributed by atoms with van der Waals surface area (Å²) in [5.41, 5.74) is 0.718. The zero-order chi connectivity index (χ0) is 12.9. The van der Waals surface area contributed by atoms with Crippen LogP contribution in [0.15, 0.2) is 30.3 Å². The van der Waals surface area contributed by atoms with Crippen molar-refractivity contribution in [2.75, 3.05) is 17.2 Å². The first-order valence-electron chi connectivity index (χ1n) is 5.18. The Morgan fingerprint density at radius 1 is 1.29 bits per heavy atom. The molecular weight excluding hydrogens is 242 g/mol. The van der Waals surface area contributed by atoms with E-state index in [9.17, 15) is 13.2 Å². The van der Waals surface area contributed by atoms with Crippen LogP contribution in [-0.4, -0.2) is 31.2 Å². The van der Waals surface area contributed by atoms with Crippen LogP contribution < -0.4 is 4.90 Å². The number of hydrogen-bond donors (Lipinski definition) is 1. The van der Waals surface area contributed by atoms with Gasteiger partial charge in [-0.05, 0) is 18.6 Å². The molecule has 5 nitrogen and oxygen atoms in total. The molecule has 0 aliphatic rings. The minimum atomic E-state index is -3.97. The van der Waals surface area contributed by atoms with Gasteiger partial charge in [0.1, 0.15) is 0 Å². The first-order chi connectivity index (χ1) is 7.90. The van der Waals surface area contributed by atoms with Gasteiger partial charge in [0.2, 0.25) is 5.91 Å². The Morgan fingerprint density at radius 2 is 1.88 bits per heavy atom. The summed E-state index contributed by atoms with van der Waals surface area (Å²) < 4.78 is 29.8. The molecule has 0 aliphatic carbocycles. The Balaban J connectivity index is 2.66. The molecule has 94 valence electrons. The van der Waals surface area contributed by atoms with Gasteiger partial charge < -0.3 is 4.90 Å². The van der Waals surface area contributed by atoms with Crippen LogP contribution in [0.1, 0.15) is 13.3 Å². The Hall–Kier alpha value is -1.40. The largest absolute Gasteiger partial charge is 0.313 e. The second-order valence-electron chi connectivity index (χ2n) is 3.65. The Bertz CT molecular complexity index is 470. The van der Waals surface area contributed by atoms with E-state index in [0.29, 0.717) is 0 Å². The van der Waals surface area contributed by atoms with Crippen molar-refractivity contribution in [3.8, 4) is 0 Å². The monoisotopic (exact) mass is 257 g/mol. The quantitative estimate of drug-likeness (QED) is 0.807. The van der Waals surface area contributed by atoms with E-state index in [4.69, 9.17) is 4.55 Å². The molecule has 1 rings (SSSR count). The van der Waals surface area contributed by atoms with Crippen molar-refractivity contribution >= 4 is 21.7 Å². The van der Waals surface area contributed by atoms with Crippen LogP contribution in [0.25, 0.3) is 0 Å². The summed E-state index contributed by atoms with van der Waals surface area (Å²) in [6, 6.07) is 8.98. The number of para-hydroxylation sites is 1. The number of carbonyl (C=O) groups is 1. The molecule has 0 atom stereocenters. The number of hydrogen-bond acceptors (Lipinski definition) is 3. The SMILES string of the molecule is CC(=O)N(CCCS(=O)(=O)O)c1ccccc1. The molecule has 0 spiro atoms. The molecule has 0 saturated heterocycles. The van der Waals surface area contributed by atoms with Crippen LogP contribution in [-0.2, 0) is 14.9 Å². The molecule has 17 heavy (non-hydrogen) atoms. The molecule has 1 N–H and O–H groups in total. The first kappa shape index (κ1) is 13.7. The Kier molecular flexibility index (Phi) is 4.65. The van der Waals surface area contributed by atoms with Crippen LogP contribution in [0.5, 0.6) is 0 Å². The van der Waals surface area contributed by atoms with Gasteiger partial charge in [0.05, 0.1) is 5.75 Å². The van der Waals surface area contributed by atoms with Gasteiger partial charge in [-0.25, -0.2) is 0 Å². The lowest BCUT2D eigenvalue weighted by atomic mass is 10.2. The van der Waals surface area contributed by atoms with Gasteiger partial charge in [-0.3, -0.25) is 9.35 Å². The highest BCUT2D eigenvalue weighted by molar-refractivity contribution is 7.85. The molecule has 0 aromatic heterocycles. The number of anilines is 1. The lowest BCUT2D eigenvalue weighted by Crippen LogP contribution is -2.30. The number of benzene rings is 1. The predicted octanol–water partition coefficient (Wildman–Crippen LogP) is 1.32. The summed E-state index contributed by atoms with van der Waals surface area (Å²) in [7, 11) is -3.97. The van der Waals surface area contributed by atoms with Crippen LogP contribution in [0.3, 0.4) is 0 Å². The molecule has 1 aromatic carbocycles. The Morgan fingerprint density at radius 3 is 2.35 bits per heavy atom. The third kappa shape index (κ3) is 4.97. The van der Waals surface area contributed by atoms with Crippen LogP contribution >= 0.6 is 0 Å². The third-order valence-corrected chi connectivity index (χ3v) is 3.04. The highest BCUT2D eigenvalue weighted by Gasteiger charge is 2.12. The summed E-state index contributed by atoms with van der Waals surface area (Å²) in [5, 5.41) is 0. The fraction of sp³-hybridized carbons (Fsp3) is 0.364. The standard InChI is InChI=1S/C11H15NO4S/c1-10(13)12(8-5-9-17(14,15)16)11-6-3-2-4-7-11/h2-4,6-7H,5,8-9H2,1H3,(H,14,15,16). The molecule has 6 heteroatoms. The van der Waals surface area contributed by atoms with Gasteiger partial charge in [-0.2, -0.15) is 8.42 Å². The number of rotatable bonds is 5. The van der Waals surface area contributed by atoms with Gasteiger partial charge in [0, 0.05) is 19.2 Å². The number of carbonyl (C=O) groups excluding carboxylic acids is 1. The molecule has 1 amide bonds. The maximum Gasteiger partial charge on any atom is 0.264 e. The number of amides is 1. The summed E-state index contributed by atoms with van der Waals surface area (Å²) in [6.07, 6.45) is 0.202. The van der Waals surface area contributed by atoms with Gasteiger partial charge >= 0.3 is 0 Å². The lowest BCUT2D eigenvalue weighted by molar-refractivity contribution is -0.116.